The molecule has 0 aliphatic carbocycles. The third-order valence-electron chi connectivity index (χ3n) is 4.03. The molecule has 1 aromatic heterocycles. The summed E-state index contributed by atoms with van der Waals surface area (Å²) in [5.41, 5.74) is 2.79. The van der Waals surface area contributed by atoms with E-state index < -0.39 is 11.9 Å². The van der Waals surface area contributed by atoms with E-state index in [9.17, 15) is 9.59 Å². The van der Waals surface area contributed by atoms with Gasteiger partial charge in [0.15, 0.2) is 0 Å². The highest BCUT2D eigenvalue weighted by atomic mass is 16.5. The number of carbonyl (C=O) groups excluding carboxylic acids is 2. The molecule has 0 saturated carbocycles. The number of aryl methyl sites for hydroxylation is 1. The van der Waals surface area contributed by atoms with Gasteiger partial charge < -0.3 is 19.1 Å². The van der Waals surface area contributed by atoms with E-state index in [-0.39, 0.29) is 24.6 Å². The predicted octanol–water partition coefficient (Wildman–Crippen LogP) is 1.48. The summed E-state index contributed by atoms with van der Waals surface area (Å²) in [7, 11) is 4.36. The van der Waals surface area contributed by atoms with Crippen molar-refractivity contribution in [1.29, 1.82) is 0 Å². The SMILES string of the molecule is COC(=O)C1=C(C(=O)OC)N(c2cccc(-c3cnn(C)c3)c2)COC1. The van der Waals surface area contributed by atoms with Gasteiger partial charge in [-0.3, -0.25) is 4.68 Å². The topological polar surface area (TPSA) is 82.9 Å². The molecule has 0 spiro atoms. The number of anilines is 1. The van der Waals surface area contributed by atoms with Gasteiger partial charge in [0.25, 0.3) is 0 Å². The fourth-order valence-corrected chi connectivity index (χ4v) is 2.77. The number of esters is 2. The van der Waals surface area contributed by atoms with Gasteiger partial charge in [0.2, 0.25) is 0 Å². The zero-order valence-corrected chi connectivity index (χ0v) is 14.8. The van der Waals surface area contributed by atoms with Crippen molar-refractivity contribution in [2.75, 3.05) is 32.5 Å². The number of carbonyl (C=O) groups is 2. The number of aromatic nitrogens is 2. The molecule has 3 rings (SSSR count). The van der Waals surface area contributed by atoms with Crippen LogP contribution in [0.25, 0.3) is 11.1 Å². The maximum atomic E-state index is 12.3. The van der Waals surface area contributed by atoms with Crippen molar-refractivity contribution in [3.8, 4) is 11.1 Å². The van der Waals surface area contributed by atoms with Crippen molar-refractivity contribution in [1.82, 2.24) is 9.78 Å². The highest BCUT2D eigenvalue weighted by molar-refractivity contribution is 6.03. The van der Waals surface area contributed by atoms with E-state index in [1.165, 1.54) is 14.2 Å². The van der Waals surface area contributed by atoms with Crippen LogP contribution in [0.2, 0.25) is 0 Å². The zero-order chi connectivity index (χ0) is 18.7. The maximum Gasteiger partial charge on any atom is 0.355 e. The second kappa shape index (κ2) is 7.40. The van der Waals surface area contributed by atoms with Crippen LogP contribution in [0.1, 0.15) is 0 Å². The van der Waals surface area contributed by atoms with Gasteiger partial charge in [-0.2, -0.15) is 5.10 Å². The molecule has 1 aromatic carbocycles. The third kappa shape index (κ3) is 3.31. The molecule has 2 aromatic rings. The minimum Gasteiger partial charge on any atom is -0.466 e. The molecule has 0 bridgehead atoms. The highest BCUT2D eigenvalue weighted by Crippen LogP contribution is 2.30. The Kier molecular flexibility index (Phi) is 5.04. The third-order valence-corrected chi connectivity index (χ3v) is 4.03. The average molecular weight is 357 g/mol. The molecule has 136 valence electrons. The summed E-state index contributed by atoms with van der Waals surface area (Å²) >= 11 is 0. The monoisotopic (exact) mass is 357 g/mol. The number of rotatable bonds is 4. The molecule has 1 aliphatic heterocycles. The fourth-order valence-electron chi connectivity index (χ4n) is 2.77. The minimum atomic E-state index is -0.626. The molecule has 2 heterocycles. The summed E-state index contributed by atoms with van der Waals surface area (Å²) in [6, 6.07) is 7.52. The number of hydrogen-bond acceptors (Lipinski definition) is 7. The quantitative estimate of drug-likeness (QED) is 0.767. The molecule has 0 saturated heterocycles. The van der Waals surface area contributed by atoms with E-state index in [1.54, 1.807) is 15.8 Å². The van der Waals surface area contributed by atoms with Crippen molar-refractivity contribution in [3.63, 3.8) is 0 Å². The first kappa shape index (κ1) is 17.7. The van der Waals surface area contributed by atoms with Gasteiger partial charge in [0.05, 0.1) is 32.6 Å². The summed E-state index contributed by atoms with van der Waals surface area (Å²) in [5.74, 6) is -1.25. The summed E-state index contributed by atoms with van der Waals surface area (Å²) in [6.45, 7) is 0.0946. The van der Waals surface area contributed by atoms with E-state index in [0.717, 1.165) is 11.1 Å². The van der Waals surface area contributed by atoms with Crippen LogP contribution in [0.15, 0.2) is 47.9 Å². The Labute approximate surface area is 150 Å². The van der Waals surface area contributed by atoms with E-state index in [2.05, 4.69) is 5.10 Å². The molecule has 0 atom stereocenters. The molecule has 8 heteroatoms. The number of ether oxygens (including phenoxy) is 3. The van der Waals surface area contributed by atoms with Gasteiger partial charge in [-0.25, -0.2) is 9.59 Å². The number of nitrogens with zero attached hydrogens (tertiary/aromatic N) is 3. The van der Waals surface area contributed by atoms with E-state index in [4.69, 9.17) is 14.2 Å². The predicted molar refractivity (Wildman–Crippen MR) is 93.0 cm³/mol. The lowest BCUT2D eigenvalue weighted by Crippen LogP contribution is -2.38. The smallest absolute Gasteiger partial charge is 0.355 e. The van der Waals surface area contributed by atoms with Crippen molar-refractivity contribution in [2.45, 2.75) is 0 Å². The number of methoxy groups -OCH3 is 2. The Morgan fingerprint density at radius 3 is 2.58 bits per heavy atom. The van der Waals surface area contributed by atoms with E-state index in [0.29, 0.717) is 5.69 Å². The molecule has 1 aliphatic rings. The van der Waals surface area contributed by atoms with Crippen molar-refractivity contribution in [2.24, 2.45) is 7.05 Å². The van der Waals surface area contributed by atoms with Crippen LogP contribution < -0.4 is 4.90 Å². The fraction of sp³-hybridized carbons (Fsp3) is 0.278. The molecule has 0 fully saturated rings. The standard InChI is InChI=1S/C18H19N3O5/c1-20-9-13(8-19-20)12-5-4-6-14(7-12)21-11-26-10-15(17(22)24-2)16(21)18(23)25-3/h4-9H,10-11H2,1-3H3. The van der Waals surface area contributed by atoms with E-state index >= 15 is 0 Å². The zero-order valence-electron chi connectivity index (χ0n) is 14.8. The molecule has 0 amide bonds. The Hall–Kier alpha value is -3.13. The van der Waals surface area contributed by atoms with Gasteiger partial charge in [-0.15, -0.1) is 0 Å². The van der Waals surface area contributed by atoms with Crippen molar-refractivity contribution >= 4 is 17.6 Å². The Morgan fingerprint density at radius 1 is 1.15 bits per heavy atom. The van der Waals surface area contributed by atoms with Gasteiger partial charge in [-0.05, 0) is 17.7 Å². The largest absolute Gasteiger partial charge is 0.466 e. The van der Waals surface area contributed by atoms with E-state index in [1.807, 2.05) is 37.5 Å². The lowest BCUT2D eigenvalue weighted by molar-refractivity contribution is -0.140. The maximum absolute atomic E-state index is 12.3. The molecule has 0 N–H and O–H groups in total. The van der Waals surface area contributed by atoms with Crippen LogP contribution in [0.4, 0.5) is 5.69 Å². The molecular weight excluding hydrogens is 338 g/mol. The normalized spacial score (nSPS) is 14.3. The highest BCUT2D eigenvalue weighted by Gasteiger charge is 2.32. The lowest BCUT2D eigenvalue weighted by Gasteiger charge is -2.31. The summed E-state index contributed by atoms with van der Waals surface area (Å²) in [4.78, 5) is 26.0. The first-order chi connectivity index (χ1) is 12.5. The molecule has 26 heavy (non-hydrogen) atoms. The lowest BCUT2D eigenvalue weighted by atomic mass is 10.1. The number of benzene rings is 1. The number of hydrogen-bond donors (Lipinski definition) is 0. The van der Waals surface area contributed by atoms with Crippen LogP contribution in [-0.2, 0) is 30.8 Å². The average Bonchev–Trinajstić information content (AvgIpc) is 3.12. The van der Waals surface area contributed by atoms with Gasteiger partial charge in [-0.1, -0.05) is 12.1 Å². The van der Waals surface area contributed by atoms with Crippen LogP contribution in [0.3, 0.4) is 0 Å². The summed E-state index contributed by atoms with van der Waals surface area (Å²) in [5, 5.41) is 4.17. The Balaban J connectivity index is 2.06. The van der Waals surface area contributed by atoms with Crippen LogP contribution in [-0.4, -0.2) is 49.3 Å². The molecule has 8 nitrogen and oxygen atoms in total. The molecule has 0 unspecified atom stereocenters. The van der Waals surface area contributed by atoms with Gasteiger partial charge in [0.1, 0.15) is 12.4 Å². The van der Waals surface area contributed by atoms with Crippen LogP contribution >= 0.6 is 0 Å². The van der Waals surface area contributed by atoms with Crippen molar-refractivity contribution < 1.29 is 23.8 Å². The minimum absolute atomic E-state index is 0.0180. The summed E-state index contributed by atoms with van der Waals surface area (Å²) in [6.07, 6.45) is 3.64. The molecule has 0 radical (unpaired) electrons. The van der Waals surface area contributed by atoms with Gasteiger partial charge >= 0.3 is 11.9 Å². The van der Waals surface area contributed by atoms with Crippen molar-refractivity contribution in [3.05, 3.63) is 47.9 Å². The second-order valence-electron chi connectivity index (χ2n) is 5.67. The molecular formula is C18H19N3O5. The Bertz CT molecular complexity index is 871. The second-order valence-corrected chi connectivity index (χ2v) is 5.67. The Morgan fingerprint density at radius 2 is 1.92 bits per heavy atom. The first-order valence-electron chi connectivity index (χ1n) is 7.89. The van der Waals surface area contributed by atoms with Crippen LogP contribution in [0.5, 0.6) is 0 Å². The van der Waals surface area contributed by atoms with Crippen LogP contribution in [0, 0.1) is 0 Å². The summed E-state index contributed by atoms with van der Waals surface area (Å²) < 4.78 is 16.8. The van der Waals surface area contributed by atoms with Gasteiger partial charge in [0, 0.05) is 24.5 Å². The first-order valence-corrected chi connectivity index (χ1v) is 7.89.